The second kappa shape index (κ2) is 7.85. The average molecular weight is 401 g/mol. The molecule has 0 saturated heterocycles. The van der Waals surface area contributed by atoms with Crippen molar-refractivity contribution in [1.29, 1.82) is 0 Å². The van der Waals surface area contributed by atoms with Gasteiger partial charge in [-0.1, -0.05) is 23.1 Å². The number of anilines is 1. The predicted molar refractivity (Wildman–Crippen MR) is 105 cm³/mol. The molecule has 3 aromatic heterocycles. The Bertz CT molecular complexity index is 1110. The van der Waals surface area contributed by atoms with Crippen molar-refractivity contribution < 1.29 is 13.6 Å². The van der Waals surface area contributed by atoms with Gasteiger partial charge in [0.05, 0.1) is 19.9 Å². The molecule has 27 heavy (non-hydrogen) atoms. The Balaban J connectivity index is 1.46. The van der Waals surface area contributed by atoms with Crippen molar-refractivity contribution in [2.24, 2.45) is 0 Å². The first-order valence-electron chi connectivity index (χ1n) is 8.04. The molecule has 0 spiro atoms. The molecule has 1 N–H and O–H groups in total. The number of ether oxygens (including phenoxy) is 1. The Morgan fingerprint density at radius 2 is 2.19 bits per heavy atom. The van der Waals surface area contributed by atoms with Gasteiger partial charge >= 0.3 is 5.63 Å². The number of aromatic nitrogens is 2. The summed E-state index contributed by atoms with van der Waals surface area (Å²) in [5.41, 5.74) is 1.01. The highest BCUT2D eigenvalue weighted by molar-refractivity contribution is 8.00. The summed E-state index contributed by atoms with van der Waals surface area (Å²) in [6.45, 7) is 0.554. The van der Waals surface area contributed by atoms with Gasteiger partial charge in [0, 0.05) is 23.3 Å². The maximum atomic E-state index is 11.9. The number of hydrogen-bond donors (Lipinski definition) is 1. The van der Waals surface area contributed by atoms with E-state index in [2.05, 4.69) is 15.5 Å². The summed E-state index contributed by atoms with van der Waals surface area (Å²) in [5, 5.41) is 13.1. The van der Waals surface area contributed by atoms with E-state index in [4.69, 9.17) is 13.6 Å². The van der Waals surface area contributed by atoms with E-state index in [1.165, 1.54) is 29.2 Å². The first-order chi connectivity index (χ1) is 13.2. The quantitative estimate of drug-likeness (QED) is 0.365. The normalized spacial score (nSPS) is 11.0. The highest BCUT2D eigenvalue weighted by Gasteiger charge is 2.10. The van der Waals surface area contributed by atoms with Crippen LogP contribution in [0.3, 0.4) is 0 Å². The molecule has 0 atom stereocenters. The van der Waals surface area contributed by atoms with Gasteiger partial charge < -0.3 is 18.9 Å². The monoisotopic (exact) mass is 401 g/mol. The van der Waals surface area contributed by atoms with Crippen molar-refractivity contribution in [1.82, 2.24) is 10.2 Å². The van der Waals surface area contributed by atoms with Gasteiger partial charge in [-0.05, 0) is 29.8 Å². The van der Waals surface area contributed by atoms with Crippen molar-refractivity contribution in [3.05, 3.63) is 64.4 Å². The first kappa shape index (κ1) is 17.6. The van der Waals surface area contributed by atoms with E-state index in [1.54, 1.807) is 19.4 Å². The van der Waals surface area contributed by atoms with Crippen molar-refractivity contribution in [2.75, 3.05) is 12.4 Å². The maximum Gasteiger partial charge on any atom is 0.336 e. The Morgan fingerprint density at radius 3 is 3.00 bits per heavy atom. The van der Waals surface area contributed by atoms with Crippen molar-refractivity contribution >= 4 is 39.2 Å². The lowest BCUT2D eigenvalue weighted by atomic mass is 10.1. The van der Waals surface area contributed by atoms with Gasteiger partial charge in [0.25, 0.3) is 0 Å². The summed E-state index contributed by atoms with van der Waals surface area (Å²) in [4.78, 5) is 11.9. The van der Waals surface area contributed by atoms with Crippen LogP contribution in [0.2, 0.25) is 0 Å². The van der Waals surface area contributed by atoms with Crippen LogP contribution in [0.25, 0.3) is 11.0 Å². The van der Waals surface area contributed by atoms with Crippen LogP contribution >= 0.6 is 23.1 Å². The van der Waals surface area contributed by atoms with Gasteiger partial charge in [0.1, 0.15) is 17.1 Å². The molecular weight excluding hydrogens is 386 g/mol. The zero-order chi connectivity index (χ0) is 18.6. The Labute approximate surface area is 162 Å². The third-order valence-electron chi connectivity index (χ3n) is 3.79. The van der Waals surface area contributed by atoms with E-state index in [0.717, 1.165) is 26.2 Å². The third kappa shape index (κ3) is 4.15. The number of hydrogen-bond acceptors (Lipinski definition) is 9. The summed E-state index contributed by atoms with van der Waals surface area (Å²) in [5.74, 6) is 2.06. The minimum absolute atomic E-state index is 0.385. The molecule has 1 aromatic carbocycles. The molecule has 0 aliphatic heterocycles. The number of nitrogens with one attached hydrogen (secondary N) is 1. The van der Waals surface area contributed by atoms with Crippen molar-refractivity contribution in [3.8, 4) is 5.75 Å². The first-order valence-corrected chi connectivity index (χ1v) is 9.85. The van der Waals surface area contributed by atoms with Crippen molar-refractivity contribution in [2.45, 2.75) is 16.6 Å². The molecule has 7 nitrogen and oxygen atoms in total. The summed E-state index contributed by atoms with van der Waals surface area (Å²) in [6, 6.07) is 10.7. The Morgan fingerprint density at radius 1 is 1.26 bits per heavy atom. The van der Waals surface area contributed by atoms with Crippen LogP contribution in [0.5, 0.6) is 5.75 Å². The molecule has 0 fully saturated rings. The van der Waals surface area contributed by atoms with E-state index < -0.39 is 0 Å². The average Bonchev–Trinajstić information content (AvgIpc) is 3.35. The van der Waals surface area contributed by atoms with Crippen LogP contribution in [0.4, 0.5) is 5.13 Å². The third-order valence-corrected chi connectivity index (χ3v) is 5.85. The summed E-state index contributed by atoms with van der Waals surface area (Å²) < 4.78 is 16.6. The zero-order valence-electron chi connectivity index (χ0n) is 14.3. The smallest absolute Gasteiger partial charge is 0.336 e. The fraction of sp³-hybridized carbons (Fsp3) is 0.167. The number of fused-ring (bicyclic) bond motifs is 1. The summed E-state index contributed by atoms with van der Waals surface area (Å²) in [7, 11) is 1.58. The molecule has 138 valence electrons. The Hall–Kier alpha value is -2.78. The topological polar surface area (TPSA) is 90.4 Å². The molecule has 4 rings (SSSR count). The molecule has 4 aromatic rings. The molecular formula is C18H15N3O4S2. The standard InChI is InChI=1S/C18H15N3O4S2/c1-23-12-4-5-14-11(7-16(22)25-15(14)8-12)10-26-18-21-20-17(27-18)19-9-13-3-2-6-24-13/h2-8H,9-10H2,1H3,(H,19,20). The number of nitrogens with zero attached hydrogens (tertiary/aromatic N) is 2. The van der Waals surface area contributed by atoms with Gasteiger partial charge in [-0.3, -0.25) is 0 Å². The lowest BCUT2D eigenvalue weighted by Crippen LogP contribution is -2.00. The molecule has 0 unspecified atom stereocenters. The minimum Gasteiger partial charge on any atom is -0.497 e. The van der Waals surface area contributed by atoms with Crippen LogP contribution in [-0.4, -0.2) is 17.3 Å². The fourth-order valence-electron chi connectivity index (χ4n) is 2.51. The van der Waals surface area contributed by atoms with E-state index in [0.29, 0.717) is 23.6 Å². The number of methoxy groups -OCH3 is 1. The van der Waals surface area contributed by atoms with Crippen LogP contribution in [0, 0.1) is 0 Å². The van der Waals surface area contributed by atoms with Crippen LogP contribution in [0.1, 0.15) is 11.3 Å². The van der Waals surface area contributed by atoms with E-state index in [-0.39, 0.29) is 5.63 Å². The lowest BCUT2D eigenvalue weighted by molar-refractivity contribution is 0.414. The molecule has 3 heterocycles. The molecule has 0 aliphatic carbocycles. The molecule has 0 amide bonds. The zero-order valence-corrected chi connectivity index (χ0v) is 15.9. The number of benzene rings is 1. The minimum atomic E-state index is -0.385. The van der Waals surface area contributed by atoms with Crippen LogP contribution < -0.4 is 15.7 Å². The van der Waals surface area contributed by atoms with E-state index >= 15 is 0 Å². The van der Waals surface area contributed by atoms with Crippen molar-refractivity contribution in [3.63, 3.8) is 0 Å². The van der Waals surface area contributed by atoms with Gasteiger partial charge in [-0.2, -0.15) is 0 Å². The van der Waals surface area contributed by atoms with Gasteiger partial charge in [0.15, 0.2) is 4.34 Å². The van der Waals surface area contributed by atoms with Crippen LogP contribution in [-0.2, 0) is 12.3 Å². The second-order valence-corrected chi connectivity index (χ2v) is 7.75. The van der Waals surface area contributed by atoms with E-state index in [1.807, 2.05) is 24.3 Å². The maximum absolute atomic E-state index is 11.9. The highest BCUT2D eigenvalue weighted by Crippen LogP contribution is 2.31. The number of rotatable bonds is 7. The lowest BCUT2D eigenvalue weighted by Gasteiger charge is -2.05. The Kier molecular flexibility index (Phi) is 5.12. The van der Waals surface area contributed by atoms with Gasteiger partial charge in [-0.15, -0.1) is 10.2 Å². The molecule has 0 bridgehead atoms. The summed E-state index contributed by atoms with van der Waals surface area (Å²) >= 11 is 2.98. The number of thioether (sulfide) groups is 1. The predicted octanol–water partition coefficient (Wildman–Crippen LogP) is 4.15. The molecule has 0 saturated carbocycles. The summed E-state index contributed by atoms with van der Waals surface area (Å²) in [6.07, 6.45) is 1.63. The van der Waals surface area contributed by atoms with E-state index in [9.17, 15) is 4.79 Å². The number of furan rings is 1. The largest absolute Gasteiger partial charge is 0.497 e. The molecule has 0 radical (unpaired) electrons. The SMILES string of the molecule is COc1ccc2c(CSc3nnc(NCc4ccco4)s3)cc(=O)oc2c1. The van der Waals surface area contributed by atoms with Gasteiger partial charge in [0.2, 0.25) is 5.13 Å². The fourth-order valence-corrected chi connectivity index (χ4v) is 4.25. The second-order valence-electron chi connectivity index (χ2n) is 5.55. The van der Waals surface area contributed by atoms with Gasteiger partial charge in [-0.25, -0.2) is 4.79 Å². The molecule has 0 aliphatic rings. The highest BCUT2D eigenvalue weighted by atomic mass is 32.2. The van der Waals surface area contributed by atoms with Crippen LogP contribution in [0.15, 0.2) is 60.6 Å². The molecule has 9 heteroatoms.